The Morgan fingerprint density at radius 1 is 1.08 bits per heavy atom. The molecule has 0 radical (unpaired) electrons. The Kier molecular flexibility index (Phi) is 8.24. The maximum absolute atomic E-state index is 7.00. The Morgan fingerprint density at radius 3 is 2.58 bits per heavy atom. The van der Waals surface area contributed by atoms with E-state index in [4.69, 9.17) is 9.94 Å². The van der Waals surface area contributed by atoms with Gasteiger partial charge in [0.25, 0.3) is 0 Å². The van der Waals surface area contributed by atoms with Crippen molar-refractivity contribution in [2.45, 2.75) is 32.4 Å². The first-order valence-electron chi connectivity index (χ1n) is 8.45. The van der Waals surface area contributed by atoms with E-state index in [1.165, 1.54) is 24.9 Å². The maximum Gasteiger partial charge on any atom is 0.0933 e. The molecule has 1 saturated heterocycles. The Labute approximate surface area is 144 Å². The average molecular weight is 329 g/mol. The first-order valence-corrected chi connectivity index (χ1v) is 8.45. The van der Waals surface area contributed by atoms with Crippen LogP contribution in [0.25, 0.3) is 0 Å². The SMILES string of the molecule is CO.c1ccc(CONCc2cc(N3CCCCC3)ccn2)cc1. The Hall–Kier alpha value is -1.95. The van der Waals surface area contributed by atoms with Crippen LogP contribution in [0.4, 0.5) is 5.69 Å². The molecule has 3 rings (SSSR count). The Balaban J connectivity index is 0.00000100. The van der Waals surface area contributed by atoms with E-state index < -0.39 is 0 Å². The number of hydroxylamine groups is 1. The highest BCUT2D eigenvalue weighted by molar-refractivity contribution is 5.46. The second-order valence-corrected chi connectivity index (χ2v) is 5.65. The molecule has 2 heterocycles. The summed E-state index contributed by atoms with van der Waals surface area (Å²) in [6.07, 6.45) is 5.81. The van der Waals surface area contributed by atoms with Crippen molar-refractivity contribution < 1.29 is 9.94 Å². The van der Waals surface area contributed by atoms with Gasteiger partial charge < -0.3 is 10.0 Å². The van der Waals surface area contributed by atoms with Gasteiger partial charge in [-0.05, 0) is 37.0 Å². The molecule has 0 bridgehead atoms. The van der Waals surface area contributed by atoms with Crippen molar-refractivity contribution in [3.63, 3.8) is 0 Å². The number of hydrogen-bond acceptors (Lipinski definition) is 5. The summed E-state index contributed by atoms with van der Waals surface area (Å²) in [5.74, 6) is 0. The fourth-order valence-electron chi connectivity index (χ4n) is 2.74. The van der Waals surface area contributed by atoms with Gasteiger partial charge in [0.2, 0.25) is 0 Å². The molecule has 0 amide bonds. The van der Waals surface area contributed by atoms with E-state index in [0.717, 1.165) is 31.5 Å². The summed E-state index contributed by atoms with van der Waals surface area (Å²) in [5, 5.41) is 7.00. The Morgan fingerprint density at radius 2 is 1.83 bits per heavy atom. The summed E-state index contributed by atoms with van der Waals surface area (Å²) < 4.78 is 0. The average Bonchev–Trinajstić information content (AvgIpc) is 2.69. The normalized spacial score (nSPS) is 14.0. The molecule has 130 valence electrons. The lowest BCUT2D eigenvalue weighted by molar-refractivity contribution is 0.0229. The van der Waals surface area contributed by atoms with Crippen molar-refractivity contribution in [1.82, 2.24) is 10.5 Å². The van der Waals surface area contributed by atoms with E-state index in [-0.39, 0.29) is 0 Å². The zero-order valence-corrected chi connectivity index (χ0v) is 14.3. The number of benzene rings is 1. The van der Waals surface area contributed by atoms with Crippen molar-refractivity contribution in [2.24, 2.45) is 0 Å². The minimum Gasteiger partial charge on any atom is -0.400 e. The molecule has 0 atom stereocenters. The number of aliphatic hydroxyl groups excluding tert-OH is 1. The third-order valence-electron chi connectivity index (χ3n) is 3.96. The third-order valence-corrected chi connectivity index (χ3v) is 3.96. The van der Waals surface area contributed by atoms with Gasteiger partial charge in [-0.1, -0.05) is 30.3 Å². The first-order chi connectivity index (χ1) is 11.9. The van der Waals surface area contributed by atoms with Gasteiger partial charge >= 0.3 is 0 Å². The molecule has 5 heteroatoms. The van der Waals surface area contributed by atoms with Crippen molar-refractivity contribution in [3.05, 3.63) is 59.9 Å². The molecule has 1 aromatic carbocycles. The fourth-order valence-corrected chi connectivity index (χ4v) is 2.74. The van der Waals surface area contributed by atoms with Gasteiger partial charge in [0.15, 0.2) is 0 Å². The molecular weight excluding hydrogens is 302 g/mol. The molecule has 2 N–H and O–H groups in total. The van der Waals surface area contributed by atoms with Crippen LogP contribution >= 0.6 is 0 Å². The zero-order valence-electron chi connectivity index (χ0n) is 14.3. The predicted octanol–water partition coefficient (Wildman–Crippen LogP) is 2.90. The van der Waals surface area contributed by atoms with E-state index in [0.29, 0.717) is 13.2 Å². The van der Waals surface area contributed by atoms with E-state index in [1.807, 2.05) is 24.4 Å². The lowest BCUT2D eigenvalue weighted by Gasteiger charge is -2.28. The minimum atomic E-state index is 0.562. The van der Waals surface area contributed by atoms with Crippen LogP contribution in [-0.2, 0) is 18.0 Å². The van der Waals surface area contributed by atoms with Crippen LogP contribution in [-0.4, -0.2) is 30.3 Å². The van der Waals surface area contributed by atoms with Gasteiger partial charge in [0, 0.05) is 32.1 Å². The second-order valence-electron chi connectivity index (χ2n) is 5.65. The van der Waals surface area contributed by atoms with Crippen molar-refractivity contribution in [3.8, 4) is 0 Å². The lowest BCUT2D eigenvalue weighted by Crippen LogP contribution is -2.29. The molecule has 0 unspecified atom stereocenters. The smallest absolute Gasteiger partial charge is 0.0933 e. The number of nitrogens with zero attached hydrogens (tertiary/aromatic N) is 2. The monoisotopic (exact) mass is 329 g/mol. The summed E-state index contributed by atoms with van der Waals surface area (Å²) in [5.41, 5.74) is 6.44. The zero-order chi connectivity index (χ0) is 17.0. The number of anilines is 1. The van der Waals surface area contributed by atoms with E-state index in [9.17, 15) is 0 Å². The molecule has 0 aliphatic carbocycles. The molecule has 0 spiro atoms. The molecular formula is C19H27N3O2. The fraction of sp³-hybridized carbons (Fsp3) is 0.421. The van der Waals surface area contributed by atoms with E-state index >= 15 is 0 Å². The number of rotatable bonds is 6. The summed E-state index contributed by atoms with van der Waals surface area (Å²) in [6.45, 7) is 3.49. The molecule has 24 heavy (non-hydrogen) atoms. The first kappa shape index (κ1) is 18.4. The summed E-state index contributed by atoms with van der Waals surface area (Å²) in [6, 6.07) is 14.4. The largest absolute Gasteiger partial charge is 0.400 e. The van der Waals surface area contributed by atoms with Crippen LogP contribution < -0.4 is 10.4 Å². The van der Waals surface area contributed by atoms with Crippen LogP contribution in [0.1, 0.15) is 30.5 Å². The molecule has 1 aromatic heterocycles. The van der Waals surface area contributed by atoms with E-state index in [2.05, 4.69) is 39.6 Å². The highest BCUT2D eigenvalue weighted by Crippen LogP contribution is 2.19. The molecule has 5 nitrogen and oxygen atoms in total. The highest BCUT2D eigenvalue weighted by Gasteiger charge is 2.11. The van der Waals surface area contributed by atoms with Crippen molar-refractivity contribution in [1.29, 1.82) is 0 Å². The molecule has 0 saturated carbocycles. The van der Waals surface area contributed by atoms with Crippen LogP contribution in [0.3, 0.4) is 0 Å². The number of pyridine rings is 1. The van der Waals surface area contributed by atoms with Crippen LogP contribution in [0.5, 0.6) is 0 Å². The topological polar surface area (TPSA) is 57.6 Å². The van der Waals surface area contributed by atoms with Gasteiger partial charge in [-0.25, -0.2) is 0 Å². The standard InChI is InChI=1S/C18H23N3O.CH4O/c1-3-7-16(8-4-1)15-22-20-14-17-13-18(9-10-19-17)21-11-5-2-6-12-21;1-2/h1,3-4,7-10,13,20H,2,5-6,11-12,14-15H2;2H,1H3. The molecule has 1 aliphatic heterocycles. The van der Waals surface area contributed by atoms with Gasteiger partial charge in [-0.2, -0.15) is 5.48 Å². The van der Waals surface area contributed by atoms with Crippen LogP contribution in [0.15, 0.2) is 48.7 Å². The number of aromatic nitrogens is 1. The Bertz CT molecular complexity index is 572. The van der Waals surface area contributed by atoms with Gasteiger partial charge in [0.05, 0.1) is 18.8 Å². The molecule has 1 fully saturated rings. The summed E-state index contributed by atoms with van der Waals surface area (Å²) in [4.78, 5) is 12.4. The van der Waals surface area contributed by atoms with Gasteiger partial charge in [-0.15, -0.1) is 0 Å². The maximum atomic E-state index is 7.00. The van der Waals surface area contributed by atoms with Crippen molar-refractivity contribution >= 4 is 5.69 Å². The number of aliphatic hydroxyl groups is 1. The van der Waals surface area contributed by atoms with Gasteiger partial charge in [-0.3, -0.25) is 9.82 Å². The van der Waals surface area contributed by atoms with Crippen LogP contribution in [0.2, 0.25) is 0 Å². The highest BCUT2D eigenvalue weighted by atomic mass is 16.6. The summed E-state index contributed by atoms with van der Waals surface area (Å²) >= 11 is 0. The quantitative estimate of drug-likeness (QED) is 0.630. The summed E-state index contributed by atoms with van der Waals surface area (Å²) in [7, 11) is 1.00. The second kappa shape index (κ2) is 10.8. The lowest BCUT2D eigenvalue weighted by atomic mass is 10.1. The predicted molar refractivity (Wildman–Crippen MR) is 96.5 cm³/mol. The number of piperidine rings is 1. The van der Waals surface area contributed by atoms with E-state index in [1.54, 1.807) is 0 Å². The van der Waals surface area contributed by atoms with Crippen LogP contribution in [0, 0.1) is 0 Å². The third kappa shape index (κ3) is 5.92. The molecule has 2 aromatic rings. The number of nitrogens with one attached hydrogen (secondary N) is 1. The van der Waals surface area contributed by atoms with Gasteiger partial charge in [0.1, 0.15) is 0 Å². The van der Waals surface area contributed by atoms with Crippen molar-refractivity contribution in [2.75, 3.05) is 25.1 Å². The minimum absolute atomic E-state index is 0.562. The molecule has 1 aliphatic rings. The number of hydrogen-bond donors (Lipinski definition) is 2.